The molecule has 0 saturated heterocycles. The second-order valence-electron chi connectivity index (χ2n) is 7.34. The van der Waals surface area contributed by atoms with E-state index in [9.17, 15) is 4.79 Å². The molecule has 0 unspecified atom stereocenters. The Morgan fingerprint density at radius 3 is 2.38 bits per heavy atom. The van der Waals surface area contributed by atoms with Crippen molar-refractivity contribution in [2.75, 3.05) is 20.2 Å². The average Bonchev–Trinajstić information content (AvgIpc) is 3.11. The van der Waals surface area contributed by atoms with E-state index in [0.717, 1.165) is 17.9 Å². The number of aliphatic imine (C=N–C) groups is 1. The SMILES string of the molecule is CCNC(=NCC(=O)NC(C)(C)C)NCc1ccc(-c2ccc(OC)cc2)s1.I. The first-order valence-electron chi connectivity index (χ1n) is 9.37. The number of rotatable bonds is 7. The molecular formula is C21H31IN4O2S. The number of amides is 1. The number of nitrogens with zero attached hydrogens (tertiary/aromatic N) is 1. The van der Waals surface area contributed by atoms with Crippen LogP contribution in [0, 0.1) is 0 Å². The largest absolute Gasteiger partial charge is 0.497 e. The molecule has 0 aliphatic carbocycles. The zero-order valence-corrected chi connectivity index (χ0v) is 20.8. The highest BCUT2D eigenvalue weighted by Gasteiger charge is 2.13. The highest BCUT2D eigenvalue weighted by atomic mass is 127. The monoisotopic (exact) mass is 530 g/mol. The van der Waals surface area contributed by atoms with Crippen LogP contribution in [0.15, 0.2) is 41.4 Å². The Kier molecular flexibility index (Phi) is 10.5. The molecule has 0 spiro atoms. The predicted octanol–water partition coefficient (Wildman–Crippen LogP) is 4.01. The summed E-state index contributed by atoms with van der Waals surface area (Å²) >= 11 is 1.73. The molecule has 1 amide bonds. The van der Waals surface area contributed by atoms with Gasteiger partial charge in [0.25, 0.3) is 0 Å². The summed E-state index contributed by atoms with van der Waals surface area (Å²) in [6.07, 6.45) is 0. The van der Waals surface area contributed by atoms with Gasteiger partial charge in [0.1, 0.15) is 12.3 Å². The molecule has 2 aromatic rings. The first-order chi connectivity index (χ1) is 13.3. The summed E-state index contributed by atoms with van der Waals surface area (Å²) in [5, 5.41) is 9.37. The zero-order chi connectivity index (χ0) is 20.6. The van der Waals surface area contributed by atoms with Crippen LogP contribution in [-0.4, -0.2) is 37.6 Å². The fourth-order valence-corrected chi connectivity index (χ4v) is 3.46. The Hall–Kier alpha value is -1.81. The van der Waals surface area contributed by atoms with Gasteiger partial charge in [0.2, 0.25) is 5.91 Å². The van der Waals surface area contributed by atoms with Crippen molar-refractivity contribution in [3.05, 3.63) is 41.3 Å². The highest BCUT2D eigenvalue weighted by molar-refractivity contribution is 14.0. The van der Waals surface area contributed by atoms with E-state index in [1.54, 1.807) is 18.4 Å². The predicted molar refractivity (Wildman–Crippen MR) is 132 cm³/mol. The number of halogens is 1. The van der Waals surface area contributed by atoms with Crippen molar-refractivity contribution in [2.45, 2.75) is 39.8 Å². The third kappa shape index (κ3) is 9.03. The van der Waals surface area contributed by atoms with Gasteiger partial charge in [-0.2, -0.15) is 0 Å². The Morgan fingerprint density at radius 1 is 1.10 bits per heavy atom. The van der Waals surface area contributed by atoms with Crippen molar-refractivity contribution in [3.8, 4) is 16.2 Å². The van der Waals surface area contributed by atoms with Crippen molar-refractivity contribution in [1.82, 2.24) is 16.0 Å². The molecule has 6 nitrogen and oxygen atoms in total. The molecule has 1 aromatic carbocycles. The van der Waals surface area contributed by atoms with Crippen LogP contribution in [0.2, 0.25) is 0 Å². The standard InChI is InChI=1S/C21H30N4O2S.HI/c1-6-22-20(24-14-19(26)25-21(2,3)4)23-13-17-11-12-18(28-17)15-7-9-16(27-5)10-8-15;/h7-12H,6,13-14H2,1-5H3,(H,25,26)(H2,22,23,24);1H. The number of carbonyl (C=O) groups is 1. The number of nitrogens with one attached hydrogen (secondary N) is 3. The van der Waals surface area contributed by atoms with E-state index in [1.165, 1.54) is 9.75 Å². The van der Waals surface area contributed by atoms with E-state index in [-0.39, 0.29) is 42.0 Å². The van der Waals surface area contributed by atoms with Gasteiger partial charge in [-0.25, -0.2) is 4.99 Å². The molecule has 160 valence electrons. The maximum Gasteiger partial charge on any atom is 0.242 e. The minimum Gasteiger partial charge on any atom is -0.497 e. The van der Waals surface area contributed by atoms with Crippen molar-refractivity contribution in [1.29, 1.82) is 0 Å². The molecule has 0 fully saturated rings. The van der Waals surface area contributed by atoms with E-state index < -0.39 is 0 Å². The Morgan fingerprint density at radius 2 is 1.79 bits per heavy atom. The fraction of sp³-hybridized carbons (Fsp3) is 0.429. The summed E-state index contributed by atoms with van der Waals surface area (Å²) in [6, 6.07) is 12.3. The lowest BCUT2D eigenvalue weighted by molar-refractivity contribution is -0.121. The quantitative estimate of drug-likeness (QED) is 0.287. The minimum atomic E-state index is -0.257. The number of carbonyl (C=O) groups excluding carboxylic acids is 1. The minimum absolute atomic E-state index is 0. The number of benzene rings is 1. The van der Waals surface area contributed by atoms with Crippen LogP contribution < -0.4 is 20.7 Å². The lowest BCUT2D eigenvalue weighted by atomic mass is 10.1. The molecule has 29 heavy (non-hydrogen) atoms. The third-order valence-corrected chi connectivity index (χ3v) is 4.84. The Bertz CT molecular complexity index is 798. The smallest absolute Gasteiger partial charge is 0.242 e. The van der Waals surface area contributed by atoms with Crippen LogP contribution >= 0.6 is 35.3 Å². The molecule has 2 rings (SSSR count). The molecular weight excluding hydrogens is 499 g/mol. The molecule has 0 aliphatic heterocycles. The number of hydrogen-bond donors (Lipinski definition) is 3. The summed E-state index contributed by atoms with van der Waals surface area (Å²) < 4.78 is 5.21. The Labute approximate surface area is 194 Å². The number of hydrogen-bond acceptors (Lipinski definition) is 4. The van der Waals surface area contributed by atoms with E-state index in [4.69, 9.17) is 4.74 Å². The van der Waals surface area contributed by atoms with Gasteiger partial charge in [0.05, 0.1) is 13.7 Å². The van der Waals surface area contributed by atoms with E-state index in [2.05, 4.69) is 45.2 Å². The van der Waals surface area contributed by atoms with Crippen LogP contribution in [-0.2, 0) is 11.3 Å². The number of thiophene rings is 1. The molecule has 0 atom stereocenters. The summed E-state index contributed by atoms with van der Waals surface area (Å²) in [7, 11) is 1.67. The lowest BCUT2D eigenvalue weighted by Gasteiger charge is -2.20. The van der Waals surface area contributed by atoms with Crippen LogP contribution in [0.3, 0.4) is 0 Å². The molecule has 0 saturated carbocycles. The number of guanidine groups is 1. The van der Waals surface area contributed by atoms with Gasteiger partial charge in [0.15, 0.2) is 5.96 Å². The lowest BCUT2D eigenvalue weighted by Crippen LogP contribution is -2.43. The molecule has 8 heteroatoms. The van der Waals surface area contributed by atoms with E-state index >= 15 is 0 Å². The second-order valence-corrected chi connectivity index (χ2v) is 8.51. The summed E-state index contributed by atoms with van der Waals surface area (Å²) in [6.45, 7) is 9.33. The normalized spacial score (nSPS) is 11.4. The van der Waals surface area contributed by atoms with Gasteiger partial charge in [-0.15, -0.1) is 35.3 Å². The van der Waals surface area contributed by atoms with Gasteiger partial charge < -0.3 is 20.7 Å². The number of ether oxygens (including phenoxy) is 1. The fourth-order valence-electron chi connectivity index (χ4n) is 2.50. The molecule has 0 aliphatic rings. The second kappa shape index (κ2) is 12.0. The van der Waals surface area contributed by atoms with Crippen LogP contribution in [0.5, 0.6) is 5.75 Å². The topological polar surface area (TPSA) is 74.8 Å². The van der Waals surface area contributed by atoms with Crippen LogP contribution in [0.4, 0.5) is 0 Å². The van der Waals surface area contributed by atoms with E-state index in [0.29, 0.717) is 12.5 Å². The van der Waals surface area contributed by atoms with Crippen molar-refractivity contribution in [2.24, 2.45) is 4.99 Å². The summed E-state index contributed by atoms with van der Waals surface area (Å²) in [5.41, 5.74) is 0.907. The van der Waals surface area contributed by atoms with Gasteiger partial charge in [-0.3, -0.25) is 4.79 Å². The van der Waals surface area contributed by atoms with Gasteiger partial charge in [-0.1, -0.05) is 0 Å². The molecule has 0 radical (unpaired) electrons. The number of methoxy groups -OCH3 is 1. The first kappa shape index (κ1) is 25.2. The molecule has 1 aromatic heterocycles. The first-order valence-corrected chi connectivity index (χ1v) is 10.2. The third-order valence-electron chi connectivity index (χ3n) is 3.71. The Balaban J connectivity index is 0.00000420. The highest BCUT2D eigenvalue weighted by Crippen LogP contribution is 2.29. The molecule has 1 heterocycles. The van der Waals surface area contributed by atoms with Crippen LogP contribution in [0.25, 0.3) is 10.4 Å². The van der Waals surface area contributed by atoms with Gasteiger partial charge in [0, 0.05) is 21.8 Å². The van der Waals surface area contributed by atoms with Gasteiger partial charge in [-0.05, 0) is 69.7 Å². The van der Waals surface area contributed by atoms with Crippen molar-refractivity contribution >= 4 is 47.2 Å². The summed E-state index contributed by atoms with van der Waals surface area (Å²) in [5.74, 6) is 1.39. The molecule has 0 bridgehead atoms. The van der Waals surface area contributed by atoms with Crippen LogP contribution in [0.1, 0.15) is 32.6 Å². The van der Waals surface area contributed by atoms with E-state index in [1.807, 2.05) is 39.8 Å². The van der Waals surface area contributed by atoms with Crippen molar-refractivity contribution in [3.63, 3.8) is 0 Å². The maximum absolute atomic E-state index is 12.0. The van der Waals surface area contributed by atoms with Gasteiger partial charge >= 0.3 is 0 Å². The molecule has 3 N–H and O–H groups in total. The zero-order valence-electron chi connectivity index (χ0n) is 17.7. The van der Waals surface area contributed by atoms with Crippen molar-refractivity contribution < 1.29 is 9.53 Å². The summed E-state index contributed by atoms with van der Waals surface area (Å²) in [4.78, 5) is 18.7. The maximum atomic E-state index is 12.0. The average molecular weight is 530 g/mol.